The molecule has 4 aromatic rings. The van der Waals surface area contributed by atoms with Gasteiger partial charge in [0.1, 0.15) is 0 Å². The molecule has 1 amide bonds. The van der Waals surface area contributed by atoms with Crippen LogP contribution in [0.2, 0.25) is 10.0 Å². The van der Waals surface area contributed by atoms with Crippen LogP contribution in [0.15, 0.2) is 78.0 Å². The zero-order valence-electron chi connectivity index (χ0n) is 16.5. The van der Waals surface area contributed by atoms with E-state index in [1.54, 1.807) is 18.3 Å². The lowest BCUT2D eigenvalue weighted by molar-refractivity contribution is -0.384. The van der Waals surface area contributed by atoms with Crippen LogP contribution in [0.5, 0.6) is 0 Å². The minimum Gasteiger partial charge on any atom is -0.342 e. The first kappa shape index (κ1) is 21.5. The van der Waals surface area contributed by atoms with E-state index in [0.717, 1.165) is 22.0 Å². The maximum Gasteiger partial charge on any atom is 0.271 e. The van der Waals surface area contributed by atoms with Crippen LogP contribution in [0.3, 0.4) is 0 Å². The van der Waals surface area contributed by atoms with Gasteiger partial charge in [-0.25, -0.2) is 5.43 Å². The van der Waals surface area contributed by atoms with Gasteiger partial charge in [-0.1, -0.05) is 47.5 Å². The number of nitro groups is 1. The molecule has 1 heterocycles. The second-order valence-electron chi connectivity index (χ2n) is 6.97. The minimum atomic E-state index is -0.521. The van der Waals surface area contributed by atoms with Crippen molar-refractivity contribution in [3.05, 3.63) is 110 Å². The van der Waals surface area contributed by atoms with Gasteiger partial charge in [0.2, 0.25) is 0 Å². The third-order valence-corrected chi connectivity index (χ3v) is 5.47. The monoisotopic (exact) mass is 466 g/mol. The number of hydrazone groups is 1. The molecule has 0 radical (unpaired) electrons. The molecule has 0 aliphatic carbocycles. The molecule has 0 aliphatic rings. The van der Waals surface area contributed by atoms with Crippen molar-refractivity contribution in [2.24, 2.45) is 5.10 Å². The number of non-ortho nitro benzene ring substituents is 1. The molecule has 0 saturated carbocycles. The van der Waals surface area contributed by atoms with E-state index in [2.05, 4.69) is 10.5 Å². The number of nitro benzene ring substituents is 1. The van der Waals surface area contributed by atoms with Gasteiger partial charge >= 0.3 is 0 Å². The van der Waals surface area contributed by atoms with Crippen molar-refractivity contribution in [3.8, 4) is 0 Å². The molecule has 0 atom stereocenters. The summed E-state index contributed by atoms with van der Waals surface area (Å²) >= 11 is 12.3. The summed E-state index contributed by atoms with van der Waals surface area (Å²) in [6.07, 6.45) is 3.49. The van der Waals surface area contributed by atoms with Crippen LogP contribution in [0.4, 0.5) is 5.69 Å². The third-order valence-electron chi connectivity index (χ3n) is 4.89. The Morgan fingerprint density at radius 1 is 1.09 bits per heavy atom. The van der Waals surface area contributed by atoms with E-state index < -0.39 is 10.8 Å². The number of aromatic nitrogens is 1. The number of nitrogens with zero attached hydrogens (tertiary/aromatic N) is 3. The van der Waals surface area contributed by atoms with E-state index in [9.17, 15) is 14.9 Å². The fraction of sp³-hybridized carbons (Fsp3) is 0.0435. The quantitative estimate of drug-likeness (QED) is 0.225. The SMILES string of the molecule is O=C(N/N=C\c1cn(Cc2ccc(Cl)cc2Cl)c2ccccc12)c1ccc([N+](=O)[O-])cc1. The van der Waals surface area contributed by atoms with Gasteiger partial charge < -0.3 is 4.57 Å². The first-order valence-electron chi connectivity index (χ1n) is 9.52. The van der Waals surface area contributed by atoms with Gasteiger partial charge in [0, 0.05) is 56.9 Å². The van der Waals surface area contributed by atoms with E-state index in [0.29, 0.717) is 16.6 Å². The fourth-order valence-corrected chi connectivity index (χ4v) is 3.77. The molecule has 0 aliphatic heterocycles. The van der Waals surface area contributed by atoms with Crippen LogP contribution in [-0.2, 0) is 6.54 Å². The van der Waals surface area contributed by atoms with Gasteiger partial charge in [0.05, 0.1) is 11.1 Å². The number of amides is 1. The number of rotatable bonds is 6. The Hall–Kier alpha value is -3.68. The Bertz CT molecular complexity index is 1350. The van der Waals surface area contributed by atoms with Crippen molar-refractivity contribution in [1.29, 1.82) is 0 Å². The van der Waals surface area contributed by atoms with Crippen LogP contribution in [0, 0.1) is 10.1 Å². The van der Waals surface area contributed by atoms with Gasteiger partial charge in [0.15, 0.2) is 0 Å². The predicted molar refractivity (Wildman–Crippen MR) is 126 cm³/mol. The molecular weight excluding hydrogens is 451 g/mol. The van der Waals surface area contributed by atoms with Crippen molar-refractivity contribution >= 4 is 51.9 Å². The summed E-state index contributed by atoms with van der Waals surface area (Å²) < 4.78 is 2.05. The van der Waals surface area contributed by atoms with Crippen molar-refractivity contribution < 1.29 is 9.72 Å². The maximum absolute atomic E-state index is 12.3. The van der Waals surface area contributed by atoms with E-state index in [1.165, 1.54) is 24.3 Å². The van der Waals surface area contributed by atoms with Crippen molar-refractivity contribution in [2.45, 2.75) is 6.54 Å². The molecule has 1 aromatic heterocycles. The van der Waals surface area contributed by atoms with Crippen LogP contribution in [-0.4, -0.2) is 21.6 Å². The highest BCUT2D eigenvalue weighted by molar-refractivity contribution is 6.35. The smallest absolute Gasteiger partial charge is 0.271 e. The summed E-state index contributed by atoms with van der Waals surface area (Å²) in [5.41, 5.74) is 5.36. The van der Waals surface area contributed by atoms with E-state index in [-0.39, 0.29) is 11.3 Å². The number of carbonyl (C=O) groups is 1. The number of hydrogen-bond donors (Lipinski definition) is 1. The molecule has 32 heavy (non-hydrogen) atoms. The fourth-order valence-electron chi connectivity index (χ4n) is 3.30. The molecule has 4 rings (SSSR count). The molecule has 0 saturated heterocycles. The van der Waals surface area contributed by atoms with Gasteiger partial charge in [0.25, 0.3) is 11.6 Å². The first-order chi connectivity index (χ1) is 15.4. The van der Waals surface area contributed by atoms with Crippen molar-refractivity contribution in [2.75, 3.05) is 0 Å². The number of fused-ring (bicyclic) bond motifs is 1. The summed E-state index contributed by atoms with van der Waals surface area (Å²) in [6.45, 7) is 0.541. The second kappa shape index (κ2) is 9.21. The maximum atomic E-state index is 12.3. The number of benzene rings is 3. The Morgan fingerprint density at radius 2 is 1.84 bits per heavy atom. The minimum absolute atomic E-state index is 0.0846. The largest absolute Gasteiger partial charge is 0.342 e. The number of carbonyl (C=O) groups excluding carboxylic acids is 1. The highest BCUT2D eigenvalue weighted by Gasteiger charge is 2.11. The zero-order chi connectivity index (χ0) is 22.7. The van der Waals surface area contributed by atoms with Gasteiger partial charge in [-0.2, -0.15) is 5.10 Å². The predicted octanol–water partition coefficient (Wildman–Crippen LogP) is 5.67. The molecule has 1 N–H and O–H groups in total. The van der Waals surface area contributed by atoms with E-state index in [4.69, 9.17) is 23.2 Å². The number of nitrogens with one attached hydrogen (secondary N) is 1. The lowest BCUT2D eigenvalue weighted by Crippen LogP contribution is -2.17. The molecular formula is C23H16Cl2N4O3. The number of hydrogen-bond acceptors (Lipinski definition) is 4. The van der Waals surface area contributed by atoms with Crippen LogP contribution in [0.25, 0.3) is 10.9 Å². The summed E-state index contributed by atoms with van der Waals surface area (Å²) in [5.74, 6) is -0.465. The molecule has 0 fully saturated rings. The summed E-state index contributed by atoms with van der Waals surface area (Å²) in [6, 6.07) is 18.5. The van der Waals surface area contributed by atoms with Crippen LogP contribution < -0.4 is 5.43 Å². The highest BCUT2D eigenvalue weighted by Crippen LogP contribution is 2.25. The molecule has 160 valence electrons. The van der Waals surface area contributed by atoms with E-state index in [1.807, 2.05) is 41.1 Å². The van der Waals surface area contributed by atoms with Crippen molar-refractivity contribution in [1.82, 2.24) is 9.99 Å². The van der Waals surface area contributed by atoms with Gasteiger partial charge in [-0.05, 0) is 35.9 Å². The summed E-state index contributed by atoms with van der Waals surface area (Å²) in [7, 11) is 0. The lowest BCUT2D eigenvalue weighted by atomic mass is 10.2. The summed E-state index contributed by atoms with van der Waals surface area (Å²) in [5, 5.41) is 16.9. The number of para-hydroxylation sites is 1. The molecule has 0 spiro atoms. The third kappa shape index (κ3) is 4.64. The van der Waals surface area contributed by atoms with Crippen LogP contribution in [0.1, 0.15) is 21.5 Å². The molecule has 9 heteroatoms. The molecule has 0 unspecified atom stereocenters. The zero-order valence-corrected chi connectivity index (χ0v) is 18.0. The molecule has 7 nitrogen and oxygen atoms in total. The lowest BCUT2D eigenvalue weighted by Gasteiger charge is -2.08. The standard InChI is InChI=1S/C23H16Cl2N4O3/c24-18-8-5-16(21(25)11-18)13-28-14-17(20-3-1-2-4-22(20)28)12-26-27-23(30)15-6-9-19(10-7-15)29(31)32/h1-12,14H,13H2,(H,27,30)/b26-12-. The Labute approximate surface area is 193 Å². The highest BCUT2D eigenvalue weighted by atomic mass is 35.5. The Morgan fingerprint density at radius 3 is 2.56 bits per heavy atom. The Kier molecular flexibility index (Phi) is 6.20. The van der Waals surface area contributed by atoms with E-state index >= 15 is 0 Å². The molecule has 3 aromatic carbocycles. The van der Waals surface area contributed by atoms with Crippen LogP contribution >= 0.6 is 23.2 Å². The summed E-state index contributed by atoms with van der Waals surface area (Å²) in [4.78, 5) is 22.5. The second-order valence-corrected chi connectivity index (χ2v) is 7.81. The van der Waals surface area contributed by atoms with Crippen molar-refractivity contribution in [3.63, 3.8) is 0 Å². The van der Waals surface area contributed by atoms with Gasteiger partial charge in [-0.15, -0.1) is 0 Å². The van der Waals surface area contributed by atoms with Gasteiger partial charge in [-0.3, -0.25) is 14.9 Å². The molecule has 0 bridgehead atoms. The number of halogens is 2. The average molecular weight is 467 g/mol. The first-order valence-corrected chi connectivity index (χ1v) is 10.3. The normalized spacial score (nSPS) is 11.2. The average Bonchev–Trinajstić information content (AvgIpc) is 3.13. The topological polar surface area (TPSA) is 89.5 Å². The Balaban J connectivity index is 1.54.